The van der Waals surface area contributed by atoms with Gasteiger partial charge in [0.1, 0.15) is 0 Å². The average molecular weight is 399 g/mol. The molecule has 1 aliphatic heterocycles. The second-order valence-electron chi connectivity index (χ2n) is 7.56. The van der Waals surface area contributed by atoms with Gasteiger partial charge in [0.05, 0.1) is 10.5 Å². The minimum atomic E-state index is -4.67. The summed E-state index contributed by atoms with van der Waals surface area (Å²) in [4.78, 5) is 24.0. The Kier molecular flexibility index (Phi) is 6.10. The summed E-state index contributed by atoms with van der Waals surface area (Å²) < 4.78 is 40.2. The lowest BCUT2D eigenvalue weighted by Crippen LogP contribution is -2.47. The second kappa shape index (κ2) is 8.36. The van der Waals surface area contributed by atoms with Crippen LogP contribution in [0.4, 0.5) is 24.5 Å². The molecule has 0 spiro atoms. The number of anilines is 1. The number of nitro groups is 1. The van der Waals surface area contributed by atoms with Gasteiger partial charge in [0.15, 0.2) is 0 Å². The van der Waals surface area contributed by atoms with Crippen LogP contribution in [0.1, 0.15) is 50.5 Å². The van der Waals surface area contributed by atoms with Crippen molar-refractivity contribution in [1.82, 2.24) is 5.32 Å². The number of rotatable bonds is 4. The third-order valence-corrected chi connectivity index (χ3v) is 5.65. The molecule has 0 bridgehead atoms. The fourth-order valence-electron chi connectivity index (χ4n) is 4.09. The molecule has 6 nitrogen and oxygen atoms in total. The van der Waals surface area contributed by atoms with Gasteiger partial charge >= 0.3 is 6.18 Å². The van der Waals surface area contributed by atoms with Gasteiger partial charge in [0, 0.05) is 42.9 Å². The number of hydrogen-bond acceptors (Lipinski definition) is 4. The lowest BCUT2D eigenvalue weighted by Gasteiger charge is -2.36. The van der Waals surface area contributed by atoms with Crippen molar-refractivity contribution in [2.75, 3.05) is 18.0 Å². The number of nitrogens with zero attached hydrogens (tertiary/aromatic N) is 2. The highest BCUT2D eigenvalue weighted by Gasteiger charge is 2.37. The van der Waals surface area contributed by atoms with E-state index in [0.717, 1.165) is 31.7 Å². The van der Waals surface area contributed by atoms with E-state index in [0.29, 0.717) is 32.0 Å². The quantitative estimate of drug-likeness (QED) is 0.606. The molecule has 0 unspecified atom stereocenters. The molecule has 0 aromatic heterocycles. The van der Waals surface area contributed by atoms with Gasteiger partial charge in [-0.2, -0.15) is 13.2 Å². The molecule has 3 rings (SSSR count). The number of benzene rings is 1. The van der Waals surface area contributed by atoms with Crippen molar-refractivity contribution in [2.45, 2.75) is 57.2 Å². The van der Waals surface area contributed by atoms with Crippen LogP contribution in [0.5, 0.6) is 0 Å². The molecule has 0 radical (unpaired) electrons. The molecule has 1 heterocycles. The summed E-state index contributed by atoms with van der Waals surface area (Å²) in [6, 6.07) is 2.81. The van der Waals surface area contributed by atoms with Crippen molar-refractivity contribution >= 4 is 17.3 Å². The van der Waals surface area contributed by atoms with Crippen molar-refractivity contribution in [3.05, 3.63) is 33.9 Å². The number of amides is 1. The van der Waals surface area contributed by atoms with Gasteiger partial charge in [-0.1, -0.05) is 19.3 Å². The number of alkyl halides is 3. The Balaban J connectivity index is 1.64. The average Bonchev–Trinajstić information content (AvgIpc) is 2.68. The maximum Gasteiger partial charge on any atom is 0.418 e. The van der Waals surface area contributed by atoms with E-state index >= 15 is 0 Å². The van der Waals surface area contributed by atoms with Gasteiger partial charge < -0.3 is 10.2 Å². The van der Waals surface area contributed by atoms with Crippen LogP contribution in [0.2, 0.25) is 0 Å². The van der Waals surface area contributed by atoms with E-state index in [-0.39, 0.29) is 23.6 Å². The smallest absolute Gasteiger partial charge is 0.371 e. The fourth-order valence-corrected chi connectivity index (χ4v) is 4.09. The molecule has 1 aliphatic carbocycles. The van der Waals surface area contributed by atoms with E-state index in [2.05, 4.69) is 5.32 Å². The summed E-state index contributed by atoms with van der Waals surface area (Å²) in [5, 5.41) is 13.9. The predicted molar refractivity (Wildman–Crippen MR) is 98.1 cm³/mol. The Morgan fingerprint density at radius 1 is 1.11 bits per heavy atom. The number of piperidine rings is 1. The maximum atomic E-state index is 13.4. The van der Waals surface area contributed by atoms with Crippen molar-refractivity contribution in [3.63, 3.8) is 0 Å². The highest BCUT2D eigenvalue weighted by Crippen LogP contribution is 2.39. The van der Waals surface area contributed by atoms with Gasteiger partial charge in [0.25, 0.3) is 5.69 Å². The largest absolute Gasteiger partial charge is 0.418 e. The van der Waals surface area contributed by atoms with E-state index in [9.17, 15) is 28.1 Å². The minimum Gasteiger partial charge on any atom is -0.371 e. The third-order valence-electron chi connectivity index (χ3n) is 5.65. The lowest BCUT2D eigenvalue weighted by atomic mass is 9.88. The number of hydrogen-bond donors (Lipinski definition) is 1. The first kappa shape index (κ1) is 20.4. The van der Waals surface area contributed by atoms with E-state index in [1.54, 1.807) is 4.90 Å². The van der Waals surface area contributed by atoms with Crippen LogP contribution in [0.15, 0.2) is 18.2 Å². The zero-order chi connectivity index (χ0) is 20.3. The molecule has 1 aromatic carbocycles. The van der Waals surface area contributed by atoms with Crippen molar-refractivity contribution < 1.29 is 22.9 Å². The number of halogens is 3. The summed E-state index contributed by atoms with van der Waals surface area (Å²) in [6.45, 7) is 0.715. The maximum absolute atomic E-state index is 13.4. The molecule has 2 fully saturated rings. The fraction of sp³-hybridized carbons (Fsp3) is 0.632. The van der Waals surface area contributed by atoms with Gasteiger partial charge in [-0.3, -0.25) is 14.9 Å². The molecule has 1 saturated carbocycles. The lowest BCUT2D eigenvalue weighted by molar-refractivity contribution is -0.385. The summed E-state index contributed by atoms with van der Waals surface area (Å²) >= 11 is 0. The number of nitro benzene ring substituents is 1. The van der Waals surface area contributed by atoms with Crippen LogP contribution < -0.4 is 10.2 Å². The first-order valence-corrected chi connectivity index (χ1v) is 9.66. The summed E-state index contributed by atoms with van der Waals surface area (Å²) in [5.41, 5.74) is -1.62. The van der Waals surface area contributed by atoms with E-state index in [4.69, 9.17) is 0 Å². The molecule has 2 aliphatic rings. The van der Waals surface area contributed by atoms with Crippen molar-refractivity contribution in [1.29, 1.82) is 0 Å². The minimum absolute atomic E-state index is 0.0435. The Labute approximate surface area is 161 Å². The zero-order valence-corrected chi connectivity index (χ0v) is 15.5. The molecule has 0 atom stereocenters. The number of non-ortho nitro benzene ring substituents is 1. The van der Waals surface area contributed by atoms with Crippen LogP contribution in [0, 0.1) is 16.0 Å². The highest BCUT2D eigenvalue weighted by atomic mass is 19.4. The first-order chi connectivity index (χ1) is 13.3. The topological polar surface area (TPSA) is 75.5 Å². The van der Waals surface area contributed by atoms with Crippen LogP contribution >= 0.6 is 0 Å². The standard InChI is InChI=1S/C19H24F3N3O3/c20-19(21,22)16-12-15(25(27)28)6-7-17(16)24-10-8-14(9-11-24)23-18(26)13-4-2-1-3-5-13/h6-7,12-14H,1-5,8-11H2,(H,23,26). The molecule has 28 heavy (non-hydrogen) atoms. The van der Waals surface area contributed by atoms with E-state index in [1.807, 2.05) is 0 Å². The van der Waals surface area contributed by atoms with Crippen LogP contribution in [-0.2, 0) is 11.0 Å². The van der Waals surface area contributed by atoms with Crippen LogP contribution in [-0.4, -0.2) is 30.0 Å². The van der Waals surface area contributed by atoms with Crippen molar-refractivity contribution in [3.8, 4) is 0 Å². The molecule has 9 heteroatoms. The molecule has 1 N–H and O–H groups in total. The highest BCUT2D eigenvalue weighted by molar-refractivity contribution is 5.79. The molecule has 154 valence electrons. The molecular weight excluding hydrogens is 375 g/mol. The Morgan fingerprint density at radius 2 is 1.75 bits per heavy atom. The first-order valence-electron chi connectivity index (χ1n) is 9.66. The van der Waals surface area contributed by atoms with Gasteiger partial charge in [-0.25, -0.2) is 0 Å². The summed E-state index contributed by atoms with van der Waals surface area (Å²) in [7, 11) is 0. The third kappa shape index (κ3) is 4.74. The predicted octanol–water partition coefficient (Wildman–Crippen LogP) is 4.28. The Hall–Kier alpha value is -2.32. The Bertz CT molecular complexity index is 725. The Morgan fingerprint density at radius 3 is 2.32 bits per heavy atom. The van der Waals surface area contributed by atoms with Crippen LogP contribution in [0.25, 0.3) is 0 Å². The molecule has 1 amide bonds. The molecular formula is C19H24F3N3O3. The van der Waals surface area contributed by atoms with Crippen molar-refractivity contribution in [2.24, 2.45) is 5.92 Å². The number of carbonyl (C=O) groups is 1. The zero-order valence-electron chi connectivity index (χ0n) is 15.5. The van der Waals surface area contributed by atoms with Gasteiger partial charge in [0.2, 0.25) is 5.91 Å². The molecule has 1 aromatic rings. The number of nitrogens with one attached hydrogen (secondary N) is 1. The normalized spacial score (nSPS) is 19.5. The monoisotopic (exact) mass is 399 g/mol. The van der Waals surface area contributed by atoms with Gasteiger partial charge in [-0.15, -0.1) is 0 Å². The van der Waals surface area contributed by atoms with Crippen LogP contribution in [0.3, 0.4) is 0 Å². The molecule has 1 saturated heterocycles. The van der Waals surface area contributed by atoms with E-state index < -0.39 is 22.4 Å². The second-order valence-corrected chi connectivity index (χ2v) is 7.56. The van der Waals surface area contributed by atoms with E-state index in [1.165, 1.54) is 12.5 Å². The number of carbonyl (C=O) groups excluding carboxylic acids is 1. The van der Waals surface area contributed by atoms with Gasteiger partial charge in [-0.05, 0) is 31.7 Å². The summed E-state index contributed by atoms with van der Waals surface area (Å²) in [6.07, 6.45) is 1.53. The summed E-state index contributed by atoms with van der Waals surface area (Å²) in [5.74, 6) is 0.114. The SMILES string of the molecule is O=C(NC1CCN(c2ccc([N+](=O)[O-])cc2C(F)(F)F)CC1)C1CCCCC1.